The summed E-state index contributed by atoms with van der Waals surface area (Å²) in [6, 6.07) is 15.7. The van der Waals surface area contributed by atoms with Crippen LogP contribution in [0.4, 0.5) is 0 Å². The Morgan fingerprint density at radius 1 is 1.21 bits per heavy atom. The zero-order chi connectivity index (χ0) is 20.2. The van der Waals surface area contributed by atoms with Gasteiger partial charge in [0.15, 0.2) is 18.1 Å². The van der Waals surface area contributed by atoms with E-state index in [-0.39, 0.29) is 12.5 Å². The first-order valence-electron chi connectivity index (χ1n) is 8.89. The number of nitriles is 1. The Kier molecular flexibility index (Phi) is 8.96. The zero-order valence-corrected chi connectivity index (χ0v) is 16.9. The van der Waals surface area contributed by atoms with Crippen LogP contribution in [0.2, 0.25) is 0 Å². The number of methoxy groups -OCH3 is 1. The van der Waals surface area contributed by atoms with Crippen LogP contribution in [0.3, 0.4) is 0 Å². The Labute approximate surface area is 170 Å². The number of aryl methyl sites for hydroxylation is 1. The van der Waals surface area contributed by atoms with E-state index in [1.807, 2.05) is 6.07 Å². The van der Waals surface area contributed by atoms with Crippen molar-refractivity contribution < 1.29 is 14.3 Å². The van der Waals surface area contributed by atoms with Crippen molar-refractivity contribution in [2.45, 2.75) is 12.7 Å². The molecule has 0 aromatic heterocycles. The Balaban J connectivity index is 1.74. The first-order valence-corrected chi connectivity index (χ1v) is 10.0. The van der Waals surface area contributed by atoms with Gasteiger partial charge in [-0.3, -0.25) is 4.79 Å². The fourth-order valence-electron chi connectivity index (χ4n) is 2.37. The van der Waals surface area contributed by atoms with Crippen molar-refractivity contribution in [1.29, 1.82) is 5.26 Å². The van der Waals surface area contributed by atoms with Gasteiger partial charge in [0, 0.05) is 24.1 Å². The van der Waals surface area contributed by atoms with Gasteiger partial charge in [0.1, 0.15) is 6.07 Å². The molecule has 0 aliphatic carbocycles. The quantitative estimate of drug-likeness (QED) is 0.486. The molecule has 1 amide bonds. The lowest BCUT2D eigenvalue weighted by molar-refractivity contribution is -0.116. The average molecular weight is 397 g/mol. The summed E-state index contributed by atoms with van der Waals surface area (Å²) in [5.74, 6) is 2.67. The van der Waals surface area contributed by atoms with Crippen molar-refractivity contribution in [1.82, 2.24) is 5.32 Å². The van der Waals surface area contributed by atoms with Crippen molar-refractivity contribution in [3.05, 3.63) is 65.2 Å². The number of hydrogen-bond donors (Lipinski definition) is 1. The van der Waals surface area contributed by atoms with Crippen LogP contribution in [0.15, 0.2) is 48.5 Å². The predicted octanol–water partition coefficient (Wildman–Crippen LogP) is 3.97. The Hall–Kier alpha value is -2.91. The third kappa shape index (κ3) is 7.37. The normalized spacial score (nSPS) is 10.5. The van der Waals surface area contributed by atoms with Gasteiger partial charge in [-0.25, -0.2) is 0 Å². The van der Waals surface area contributed by atoms with Gasteiger partial charge < -0.3 is 14.8 Å². The van der Waals surface area contributed by atoms with E-state index in [1.165, 1.54) is 24.3 Å². The van der Waals surface area contributed by atoms with Crippen LogP contribution in [0.5, 0.6) is 11.5 Å². The van der Waals surface area contributed by atoms with Crippen molar-refractivity contribution in [3.63, 3.8) is 0 Å². The minimum absolute atomic E-state index is 0.0458. The summed E-state index contributed by atoms with van der Waals surface area (Å²) >= 11 is 1.79. The summed E-state index contributed by atoms with van der Waals surface area (Å²) in [7, 11) is 1.53. The second-order valence-corrected chi connectivity index (χ2v) is 7.12. The van der Waals surface area contributed by atoms with Crippen molar-refractivity contribution in [2.75, 3.05) is 26.0 Å². The topological polar surface area (TPSA) is 71.3 Å². The van der Waals surface area contributed by atoms with Crippen LogP contribution in [0.1, 0.15) is 16.7 Å². The second kappa shape index (κ2) is 11.7. The minimum Gasteiger partial charge on any atom is -0.493 e. The molecule has 0 atom stereocenters. The maximum Gasteiger partial charge on any atom is 0.244 e. The van der Waals surface area contributed by atoms with Crippen LogP contribution in [0.25, 0.3) is 6.08 Å². The summed E-state index contributed by atoms with van der Waals surface area (Å²) in [5.41, 5.74) is 3.36. The lowest BCUT2D eigenvalue weighted by atomic mass is 10.2. The number of nitrogens with one attached hydrogen (secondary N) is 1. The van der Waals surface area contributed by atoms with E-state index in [9.17, 15) is 4.79 Å². The summed E-state index contributed by atoms with van der Waals surface area (Å²) in [4.78, 5) is 12.0. The fraction of sp³-hybridized carbons (Fsp3) is 0.273. The van der Waals surface area contributed by atoms with Crippen LogP contribution >= 0.6 is 11.8 Å². The Morgan fingerprint density at radius 3 is 2.71 bits per heavy atom. The van der Waals surface area contributed by atoms with E-state index in [1.54, 1.807) is 36.0 Å². The molecule has 0 bridgehead atoms. The van der Waals surface area contributed by atoms with Crippen molar-refractivity contribution in [2.24, 2.45) is 0 Å². The van der Waals surface area contributed by atoms with Crippen LogP contribution in [0, 0.1) is 18.3 Å². The maximum atomic E-state index is 12.0. The number of amides is 1. The predicted molar refractivity (Wildman–Crippen MR) is 113 cm³/mol. The molecule has 6 heteroatoms. The first-order chi connectivity index (χ1) is 13.6. The molecule has 146 valence electrons. The fourth-order valence-corrected chi connectivity index (χ4v) is 3.19. The highest BCUT2D eigenvalue weighted by molar-refractivity contribution is 7.98. The van der Waals surface area contributed by atoms with Crippen molar-refractivity contribution >= 4 is 23.7 Å². The lowest BCUT2D eigenvalue weighted by Crippen LogP contribution is -2.23. The van der Waals surface area contributed by atoms with Gasteiger partial charge in [-0.15, -0.1) is 0 Å². The molecule has 0 saturated heterocycles. The van der Waals surface area contributed by atoms with E-state index in [0.29, 0.717) is 18.0 Å². The molecule has 0 radical (unpaired) electrons. The molecule has 2 aromatic rings. The van der Waals surface area contributed by atoms with Gasteiger partial charge in [0.25, 0.3) is 0 Å². The first kappa shape index (κ1) is 21.4. The van der Waals surface area contributed by atoms with Gasteiger partial charge in [-0.2, -0.15) is 17.0 Å². The van der Waals surface area contributed by atoms with Gasteiger partial charge >= 0.3 is 0 Å². The summed E-state index contributed by atoms with van der Waals surface area (Å²) in [5, 5.41) is 11.5. The van der Waals surface area contributed by atoms with E-state index in [0.717, 1.165) is 17.1 Å². The minimum atomic E-state index is -0.139. The standard InChI is InChI=1S/C22H24N2O3S/c1-17-3-5-19(6-4-17)16-28-14-12-24-22(25)10-8-18-7-9-20(27-13-11-23)21(15-18)26-2/h3-10,15H,12-14,16H2,1-2H3,(H,24,25)/b10-8+. The van der Waals surface area contributed by atoms with E-state index in [2.05, 4.69) is 36.5 Å². The van der Waals surface area contributed by atoms with Crippen LogP contribution in [-0.4, -0.2) is 31.9 Å². The molecule has 0 saturated carbocycles. The summed E-state index contributed by atoms with van der Waals surface area (Å²) in [6.07, 6.45) is 3.21. The molecule has 2 rings (SSSR count). The third-order valence-electron chi connectivity index (χ3n) is 3.84. The zero-order valence-electron chi connectivity index (χ0n) is 16.1. The lowest BCUT2D eigenvalue weighted by Gasteiger charge is -2.08. The Morgan fingerprint density at radius 2 is 2.00 bits per heavy atom. The Bertz CT molecular complexity index is 842. The smallest absolute Gasteiger partial charge is 0.244 e. The summed E-state index contributed by atoms with van der Waals surface area (Å²) < 4.78 is 10.5. The number of carbonyl (C=O) groups excluding carboxylic acids is 1. The highest BCUT2D eigenvalue weighted by Crippen LogP contribution is 2.28. The third-order valence-corrected chi connectivity index (χ3v) is 4.87. The highest BCUT2D eigenvalue weighted by atomic mass is 32.2. The maximum absolute atomic E-state index is 12.0. The molecule has 0 unspecified atom stereocenters. The van der Waals surface area contributed by atoms with Crippen LogP contribution < -0.4 is 14.8 Å². The van der Waals surface area contributed by atoms with Gasteiger partial charge in [0.05, 0.1) is 7.11 Å². The molecule has 0 fully saturated rings. The molecule has 0 spiro atoms. The van der Waals surface area contributed by atoms with E-state index in [4.69, 9.17) is 14.7 Å². The number of rotatable bonds is 10. The molecule has 0 heterocycles. The molecular weight excluding hydrogens is 372 g/mol. The molecule has 2 aromatic carbocycles. The number of nitrogens with zero attached hydrogens (tertiary/aromatic N) is 1. The molecule has 0 aliphatic heterocycles. The number of ether oxygens (including phenoxy) is 2. The molecule has 28 heavy (non-hydrogen) atoms. The number of hydrogen-bond acceptors (Lipinski definition) is 5. The monoisotopic (exact) mass is 396 g/mol. The largest absolute Gasteiger partial charge is 0.493 e. The van der Waals surface area contributed by atoms with E-state index < -0.39 is 0 Å². The average Bonchev–Trinajstić information content (AvgIpc) is 2.72. The second-order valence-electron chi connectivity index (χ2n) is 6.02. The van der Waals surface area contributed by atoms with Gasteiger partial charge in [-0.05, 0) is 36.3 Å². The summed E-state index contributed by atoms with van der Waals surface area (Å²) in [6.45, 7) is 2.65. The van der Waals surface area contributed by atoms with Crippen molar-refractivity contribution in [3.8, 4) is 17.6 Å². The van der Waals surface area contributed by atoms with Gasteiger partial charge in [-0.1, -0.05) is 35.9 Å². The number of benzene rings is 2. The van der Waals surface area contributed by atoms with Crippen LogP contribution in [-0.2, 0) is 10.5 Å². The molecule has 1 N–H and O–H groups in total. The molecular formula is C22H24N2O3S. The SMILES string of the molecule is COc1cc(/C=C/C(=O)NCCSCc2ccc(C)cc2)ccc1OCC#N. The number of carbonyl (C=O) groups is 1. The van der Waals surface area contributed by atoms with Gasteiger partial charge in [0.2, 0.25) is 5.91 Å². The van der Waals surface area contributed by atoms with E-state index >= 15 is 0 Å². The number of thioether (sulfide) groups is 1. The molecule has 5 nitrogen and oxygen atoms in total. The molecule has 0 aliphatic rings. The highest BCUT2D eigenvalue weighted by Gasteiger charge is 2.05.